The number of aryl methyl sites for hydroxylation is 2. The number of hydrogen-bond donors (Lipinski definition) is 3. The average molecular weight is 464 g/mol. The fraction of sp³-hybridized carbons (Fsp3) is 0.333. The highest BCUT2D eigenvalue weighted by molar-refractivity contribution is 6.07. The van der Waals surface area contributed by atoms with Crippen LogP contribution in [0.25, 0.3) is 12.7 Å². The lowest BCUT2D eigenvalue weighted by Crippen LogP contribution is -2.26. The summed E-state index contributed by atoms with van der Waals surface area (Å²) < 4.78 is 0. The Hall–Kier alpha value is -3.74. The van der Waals surface area contributed by atoms with Gasteiger partial charge in [0.15, 0.2) is 5.75 Å². The average Bonchev–Trinajstić information content (AvgIpc) is 2.78. The predicted octanol–water partition coefficient (Wildman–Crippen LogP) is 5.00. The maximum Gasteiger partial charge on any atom is 0.306 e. The Morgan fingerprint density at radius 2 is 1.88 bits per heavy atom. The first-order valence-electron chi connectivity index (χ1n) is 11.2. The minimum atomic E-state index is -0.853. The van der Waals surface area contributed by atoms with Gasteiger partial charge >= 0.3 is 5.97 Å². The molecule has 0 bridgehead atoms. The number of amides is 1. The summed E-state index contributed by atoms with van der Waals surface area (Å²) in [5, 5.41) is 32.4. The molecule has 2 rings (SSSR count). The molecule has 0 aromatic heterocycles. The minimum absolute atomic E-state index is 0.0595. The molecule has 180 valence electrons. The number of hydrogen-bond acceptors (Lipinski definition) is 5. The third-order valence-corrected chi connectivity index (χ3v) is 5.55. The fourth-order valence-corrected chi connectivity index (χ4v) is 3.32. The molecule has 0 aliphatic rings. The number of aliphatic carboxylic acids is 1. The van der Waals surface area contributed by atoms with Crippen LogP contribution in [0.5, 0.6) is 5.75 Å². The van der Waals surface area contributed by atoms with Gasteiger partial charge in [-0.2, -0.15) is 10.2 Å². The van der Waals surface area contributed by atoms with Crippen LogP contribution >= 0.6 is 0 Å². The van der Waals surface area contributed by atoms with Crippen LogP contribution in [0, 0.1) is 19.8 Å². The van der Waals surface area contributed by atoms with Crippen molar-refractivity contribution in [1.82, 2.24) is 0 Å². The van der Waals surface area contributed by atoms with E-state index in [1.807, 2.05) is 58.0 Å². The van der Waals surface area contributed by atoms with Crippen molar-refractivity contribution in [3.8, 4) is 5.75 Å². The number of carboxylic acids is 1. The Kier molecular flexibility index (Phi) is 9.30. The highest BCUT2D eigenvalue weighted by Gasteiger charge is 2.18. The van der Waals surface area contributed by atoms with Crippen LogP contribution in [-0.4, -0.2) is 28.1 Å². The van der Waals surface area contributed by atoms with Gasteiger partial charge in [0.05, 0.1) is 17.5 Å². The molecule has 0 saturated carbocycles. The first-order valence-corrected chi connectivity index (χ1v) is 11.2. The third kappa shape index (κ3) is 6.88. The van der Waals surface area contributed by atoms with Gasteiger partial charge in [-0.05, 0) is 63.5 Å². The van der Waals surface area contributed by atoms with Gasteiger partial charge in [-0.1, -0.05) is 49.4 Å². The van der Waals surface area contributed by atoms with Crippen LogP contribution in [0.2, 0.25) is 0 Å². The number of phenolic OH excluding ortho intramolecular Hbond substituents is 1. The van der Waals surface area contributed by atoms with Gasteiger partial charge in [0.25, 0.3) is 5.91 Å². The molecule has 0 heterocycles. The highest BCUT2D eigenvalue weighted by Crippen LogP contribution is 2.28. The number of carbonyl (C=O) groups is 2. The standard InChI is InChI=1S/C27H33N3O4/c1-7-8-9-21-15-22(26(32)28-23-13-10-16(2)14-18(23)4)25(31)24(20(21)6)30-29-19(5)12-11-17(3)27(33)34/h7-10,13-15,17,19,31H,6,11-12H2,1-5H3,(H,28,32)(H,33,34)/b8-7-,21-9-,30-29?. The van der Waals surface area contributed by atoms with Gasteiger partial charge in [-0.25, -0.2) is 0 Å². The van der Waals surface area contributed by atoms with Crippen LogP contribution < -0.4 is 15.8 Å². The van der Waals surface area contributed by atoms with Crippen molar-refractivity contribution in [2.45, 2.75) is 53.5 Å². The van der Waals surface area contributed by atoms with Crippen LogP contribution in [0.1, 0.15) is 55.1 Å². The van der Waals surface area contributed by atoms with Gasteiger partial charge in [-0.3, -0.25) is 9.59 Å². The Labute approximate surface area is 200 Å². The number of anilines is 1. The van der Waals surface area contributed by atoms with E-state index in [2.05, 4.69) is 22.1 Å². The summed E-state index contributed by atoms with van der Waals surface area (Å²) in [6.07, 6.45) is 6.41. The van der Waals surface area contributed by atoms with Gasteiger partial charge < -0.3 is 15.5 Å². The Bertz CT molecular complexity index is 1230. The maximum absolute atomic E-state index is 13.1. The molecule has 0 aliphatic heterocycles. The predicted molar refractivity (Wildman–Crippen MR) is 136 cm³/mol. The quantitative estimate of drug-likeness (QED) is 0.454. The van der Waals surface area contributed by atoms with E-state index in [0.717, 1.165) is 11.1 Å². The van der Waals surface area contributed by atoms with Crippen molar-refractivity contribution in [3.05, 3.63) is 63.5 Å². The molecule has 7 nitrogen and oxygen atoms in total. The largest absolute Gasteiger partial charge is 0.505 e. The molecule has 0 aliphatic carbocycles. The van der Waals surface area contributed by atoms with Gasteiger partial charge in [-0.15, -0.1) is 0 Å². The molecule has 0 spiro atoms. The molecule has 7 heteroatoms. The summed E-state index contributed by atoms with van der Waals surface area (Å²) in [5.41, 5.74) is 2.81. The molecule has 1 amide bonds. The normalized spacial score (nSPS) is 14.0. The second kappa shape index (κ2) is 11.9. The number of benzene rings is 2. The molecule has 0 saturated heterocycles. The summed E-state index contributed by atoms with van der Waals surface area (Å²) in [4.78, 5) is 24.1. The molecule has 34 heavy (non-hydrogen) atoms. The number of azo groups is 1. The number of rotatable bonds is 9. The molecule has 0 radical (unpaired) electrons. The monoisotopic (exact) mass is 463 g/mol. The molecule has 0 fully saturated rings. The van der Waals surface area contributed by atoms with E-state index in [9.17, 15) is 14.7 Å². The lowest BCUT2D eigenvalue weighted by atomic mass is 10.0. The number of carboxylic acid groups (broad SMARTS) is 1. The number of allylic oxidation sites excluding steroid dienone is 2. The summed E-state index contributed by atoms with van der Waals surface area (Å²) in [7, 11) is 0. The van der Waals surface area contributed by atoms with Gasteiger partial charge in [0.1, 0.15) is 5.69 Å². The summed E-state index contributed by atoms with van der Waals surface area (Å²) in [6.45, 7) is 13.2. The second-order valence-corrected chi connectivity index (χ2v) is 8.54. The first-order chi connectivity index (χ1) is 16.0. The Balaban J connectivity index is 2.44. The van der Waals surface area contributed by atoms with Crippen molar-refractivity contribution in [2.24, 2.45) is 16.1 Å². The highest BCUT2D eigenvalue weighted by atomic mass is 16.4. The van der Waals surface area contributed by atoms with Crippen LogP contribution in [0.3, 0.4) is 0 Å². The van der Waals surface area contributed by atoms with Crippen molar-refractivity contribution in [2.75, 3.05) is 5.32 Å². The summed E-state index contributed by atoms with van der Waals surface area (Å²) in [6, 6.07) is 7.00. The number of phenols is 1. The van der Waals surface area contributed by atoms with Crippen molar-refractivity contribution < 1.29 is 19.8 Å². The molecular weight excluding hydrogens is 430 g/mol. The molecule has 2 atom stereocenters. The van der Waals surface area contributed by atoms with E-state index < -0.39 is 17.8 Å². The van der Waals surface area contributed by atoms with Crippen molar-refractivity contribution in [1.29, 1.82) is 0 Å². The molecule has 2 aromatic rings. The van der Waals surface area contributed by atoms with E-state index in [4.69, 9.17) is 5.11 Å². The fourth-order valence-electron chi connectivity index (χ4n) is 3.32. The molecule has 2 aromatic carbocycles. The zero-order valence-electron chi connectivity index (χ0n) is 20.4. The van der Waals surface area contributed by atoms with Crippen LogP contribution in [0.15, 0.2) is 46.6 Å². The maximum atomic E-state index is 13.1. The first kappa shape index (κ1) is 26.5. The molecule has 3 N–H and O–H groups in total. The van der Waals surface area contributed by atoms with Crippen molar-refractivity contribution in [3.63, 3.8) is 0 Å². The topological polar surface area (TPSA) is 111 Å². The molecular formula is C27H33N3O4. The summed E-state index contributed by atoms with van der Waals surface area (Å²) in [5.74, 6) is -2.11. The Morgan fingerprint density at radius 3 is 2.50 bits per heavy atom. The van der Waals surface area contributed by atoms with E-state index in [1.54, 1.807) is 19.1 Å². The van der Waals surface area contributed by atoms with E-state index in [0.29, 0.717) is 29.0 Å². The van der Waals surface area contributed by atoms with E-state index >= 15 is 0 Å². The lowest BCUT2D eigenvalue weighted by molar-refractivity contribution is -0.141. The number of nitrogens with zero attached hydrogens (tertiary/aromatic N) is 2. The lowest BCUT2D eigenvalue weighted by Gasteiger charge is -2.12. The number of aromatic hydroxyl groups is 1. The van der Waals surface area contributed by atoms with Crippen LogP contribution in [-0.2, 0) is 4.79 Å². The Morgan fingerprint density at radius 1 is 1.18 bits per heavy atom. The molecule has 2 unspecified atom stereocenters. The third-order valence-electron chi connectivity index (χ3n) is 5.55. The minimum Gasteiger partial charge on any atom is -0.505 e. The van der Waals surface area contributed by atoms with E-state index in [1.165, 1.54) is 0 Å². The van der Waals surface area contributed by atoms with Gasteiger partial charge in [0.2, 0.25) is 0 Å². The SMILES string of the molecule is C=c1c(N=NC(C)CCC(C)C(=O)O)c(O)c(C(=O)Nc2ccc(C)cc2C)c/c1=C/C=C\C. The van der Waals surface area contributed by atoms with Crippen molar-refractivity contribution >= 4 is 35.9 Å². The van der Waals surface area contributed by atoms with E-state index in [-0.39, 0.29) is 23.0 Å². The summed E-state index contributed by atoms with van der Waals surface area (Å²) >= 11 is 0. The zero-order chi connectivity index (χ0) is 25.4. The number of nitrogens with one attached hydrogen (secondary N) is 1. The zero-order valence-corrected chi connectivity index (χ0v) is 20.4. The number of carbonyl (C=O) groups excluding carboxylic acids is 1. The second-order valence-electron chi connectivity index (χ2n) is 8.54. The van der Waals surface area contributed by atoms with Crippen LogP contribution in [0.4, 0.5) is 11.4 Å². The van der Waals surface area contributed by atoms with Gasteiger partial charge in [0, 0.05) is 10.9 Å². The smallest absolute Gasteiger partial charge is 0.306 e.